The summed E-state index contributed by atoms with van der Waals surface area (Å²) in [6.45, 7) is 7.74. The molecule has 5 nitrogen and oxygen atoms in total. The van der Waals surface area contributed by atoms with E-state index in [0.29, 0.717) is 6.61 Å². The molecule has 1 aromatic rings. The van der Waals surface area contributed by atoms with Gasteiger partial charge in [-0.1, -0.05) is 0 Å². The van der Waals surface area contributed by atoms with Gasteiger partial charge >= 0.3 is 0 Å². The molecule has 1 aromatic carbocycles. The predicted octanol–water partition coefficient (Wildman–Crippen LogP) is 2.55. The van der Waals surface area contributed by atoms with Crippen LogP contribution >= 0.6 is 0 Å². The number of ether oxygens (including phenoxy) is 1. The molecule has 0 spiro atoms. The fourth-order valence-corrected chi connectivity index (χ4v) is 3.03. The van der Waals surface area contributed by atoms with E-state index in [1.807, 2.05) is 18.2 Å². The van der Waals surface area contributed by atoms with Crippen molar-refractivity contribution in [2.24, 2.45) is 0 Å². The van der Waals surface area contributed by atoms with E-state index in [9.17, 15) is 0 Å². The second-order valence-corrected chi connectivity index (χ2v) is 5.63. The van der Waals surface area contributed by atoms with Gasteiger partial charge in [0, 0.05) is 24.7 Å². The topological polar surface area (TPSA) is 50.3 Å². The molecule has 0 saturated heterocycles. The van der Waals surface area contributed by atoms with Crippen LogP contribution in [-0.2, 0) is 0 Å². The first-order valence-corrected chi connectivity index (χ1v) is 8.11. The Kier molecular flexibility index (Phi) is 3.41. The molecule has 0 amide bonds. The van der Waals surface area contributed by atoms with E-state index < -0.39 is 0 Å². The number of nitrogens with one attached hydrogen (secondary N) is 1. The van der Waals surface area contributed by atoms with Crippen LogP contribution in [-0.4, -0.2) is 31.2 Å². The van der Waals surface area contributed by atoms with Crippen LogP contribution in [0.25, 0.3) is 22.6 Å². The average molecular weight is 310 g/mol. The van der Waals surface area contributed by atoms with Crippen molar-refractivity contribution in [1.29, 1.82) is 0 Å². The van der Waals surface area contributed by atoms with E-state index in [1.54, 1.807) is 0 Å². The fourth-order valence-electron chi connectivity index (χ4n) is 3.03. The molecule has 2 heterocycles. The first-order valence-electron chi connectivity index (χ1n) is 8.11. The third-order valence-electron chi connectivity index (χ3n) is 4.27. The molecule has 0 radical (unpaired) electrons. The lowest BCUT2D eigenvalue weighted by molar-refractivity contribution is 0.323. The largest absolute Gasteiger partial charge is 0.490 e. The van der Waals surface area contributed by atoms with Crippen LogP contribution < -0.4 is 20.0 Å². The van der Waals surface area contributed by atoms with Gasteiger partial charge in [0.25, 0.3) is 0 Å². The molecule has 0 unspecified atom stereocenters. The Morgan fingerprint density at radius 2 is 2.04 bits per heavy atom. The van der Waals surface area contributed by atoms with Gasteiger partial charge in [0.05, 0.1) is 11.8 Å². The Bertz CT molecular complexity index is 908. The fraction of sp³-hybridized carbons (Fsp3) is 0.333. The molecule has 0 atom stereocenters. The quantitative estimate of drug-likeness (QED) is 0.584. The molecular formula is C18H20N3O2+. The van der Waals surface area contributed by atoms with Crippen molar-refractivity contribution in [2.75, 3.05) is 31.6 Å². The highest BCUT2D eigenvalue weighted by Gasteiger charge is 2.16. The van der Waals surface area contributed by atoms with Crippen molar-refractivity contribution >= 4 is 16.8 Å². The maximum Gasteiger partial charge on any atom is 0.203 e. The minimum atomic E-state index is 0.677. The minimum Gasteiger partial charge on any atom is -0.490 e. The predicted molar refractivity (Wildman–Crippen MR) is 91.0 cm³/mol. The van der Waals surface area contributed by atoms with Crippen molar-refractivity contribution in [2.45, 2.75) is 13.8 Å². The third kappa shape index (κ3) is 2.42. The maximum atomic E-state index is 6.11. The molecule has 5 heteroatoms. The zero-order valence-electron chi connectivity index (χ0n) is 13.4. The highest BCUT2D eigenvalue weighted by molar-refractivity contribution is 5.83. The third-order valence-corrected chi connectivity index (χ3v) is 4.27. The SMILES string of the molecule is CC[N+](CC)=c1ccc2nc3cc4c(cc3oc-2c1)NCCO4. The van der Waals surface area contributed by atoms with E-state index in [0.717, 1.165) is 59.0 Å². The molecule has 2 aliphatic heterocycles. The number of fused-ring (bicyclic) bond motifs is 3. The molecule has 23 heavy (non-hydrogen) atoms. The van der Waals surface area contributed by atoms with Crippen LogP contribution in [0.1, 0.15) is 13.8 Å². The van der Waals surface area contributed by atoms with Crippen molar-refractivity contribution in [3.8, 4) is 17.2 Å². The summed E-state index contributed by atoms with van der Waals surface area (Å²) in [5, 5.41) is 4.49. The van der Waals surface area contributed by atoms with Crippen LogP contribution in [0.2, 0.25) is 0 Å². The lowest BCUT2D eigenvalue weighted by Crippen LogP contribution is -2.29. The molecule has 1 aliphatic carbocycles. The summed E-state index contributed by atoms with van der Waals surface area (Å²) in [4.78, 5) is 4.72. The van der Waals surface area contributed by atoms with Crippen molar-refractivity contribution in [3.63, 3.8) is 0 Å². The van der Waals surface area contributed by atoms with Crippen LogP contribution in [0.3, 0.4) is 0 Å². The first-order chi connectivity index (χ1) is 11.3. The summed E-state index contributed by atoms with van der Waals surface area (Å²) in [7, 11) is 0. The normalized spacial score (nSPS) is 13.5. The summed E-state index contributed by atoms with van der Waals surface area (Å²) in [5.74, 6) is 1.64. The number of aromatic nitrogens is 1. The Morgan fingerprint density at radius 3 is 2.87 bits per heavy atom. The van der Waals surface area contributed by atoms with Gasteiger partial charge in [-0.3, -0.25) is 0 Å². The number of rotatable bonds is 2. The summed E-state index contributed by atoms with van der Waals surface area (Å²) in [6, 6.07) is 10.1. The molecule has 4 rings (SSSR count). The molecular weight excluding hydrogens is 290 g/mol. The Morgan fingerprint density at radius 1 is 1.17 bits per heavy atom. The first kappa shape index (κ1) is 14.1. The summed E-state index contributed by atoms with van der Waals surface area (Å²) in [5.41, 5.74) is 3.41. The summed E-state index contributed by atoms with van der Waals surface area (Å²) >= 11 is 0. The van der Waals surface area contributed by atoms with Gasteiger partial charge in [0.15, 0.2) is 11.3 Å². The lowest BCUT2D eigenvalue weighted by Gasteiger charge is -2.19. The van der Waals surface area contributed by atoms with E-state index >= 15 is 0 Å². The zero-order valence-corrected chi connectivity index (χ0v) is 13.4. The van der Waals surface area contributed by atoms with E-state index in [-0.39, 0.29) is 0 Å². The van der Waals surface area contributed by atoms with E-state index in [2.05, 4.69) is 35.9 Å². The van der Waals surface area contributed by atoms with Crippen molar-refractivity contribution in [3.05, 3.63) is 35.7 Å². The molecule has 0 aromatic heterocycles. The molecule has 3 aliphatic rings. The molecule has 1 N–H and O–H groups in total. The van der Waals surface area contributed by atoms with Crippen LogP contribution in [0.15, 0.2) is 34.7 Å². The van der Waals surface area contributed by atoms with Gasteiger partial charge < -0.3 is 14.5 Å². The maximum absolute atomic E-state index is 6.11. The zero-order chi connectivity index (χ0) is 15.8. The van der Waals surface area contributed by atoms with Gasteiger partial charge in [-0.15, -0.1) is 0 Å². The Hall–Kier alpha value is -2.56. The minimum absolute atomic E-state index is 0.677. The van der Waals surface area contributed by atoms with Gasteiger partial charge in [-0.05, 0) is 19.9 Å². The van der Waals surface area contributed by atoms with Crippen LogP contribution in [0.4, 0.5) is 5.69 Å². The lowest BCUT2D eigenvalue weighted by atomic mass is 10.2. The summed E-state index contributed by atoms with van der Waals surface area (Å²) in [6.07, 6.45) is 0. The number of benzene rings is 2. The van der Waals surface area contributed by atoms with Crippen LogP contribution in [0, 0.1) is 0 Å². The number of nitrogens with zero attached hydrogens (tertiary/aromatic N) is 2. The number of hydrogen-bond donors (Lipinski definition) is 1. The Balaban J connectivity index is 1.95. The average Bonchev–Trinajstić information content (AvgIpc) is 2.59. The van der Waals surface area contributed by atoms with Gasteiger partial charge in [-0.25, -0.2) is 9.56 Å². The molecule has 0 bridgehead atoms. The second-order valence-electron chi connectivity index (χ2n) is 5.63. The van der Waals surface area contributed by atoms with E-state index in [1.165, 1.54) is 0 Å². The van der Waals surface area contributed by atoms with Crippen molar-refractivity contribution < 1.29 is 9.15 Å². The smallest absolute Gasteiger partial charge is 0.203 e. The molecule has 118 valence electrons. The molecule has 0 fully saturated rings. The monoisotopic (exact) mass is 310 g/mol. The highest BCUT2D eigenvalue weighted by atomic mass is 16.5. The number of hydrogen-bond acceptors (Lipinski definition) is 4. The van der Waals surface area contributed by atoms with E-state index in [4.69, 9.17) is 14.1 Å². The molecule has 0 saturated carbocycles. The van der Waals surface area contributed by atoms with Gasteiger partial charge in [-0.2, -0.15) is 0 Å². The van der Waals surface area contributed by atoms with Crippen LogP contribution in [0.5, 0.6) is 5.75 Å². The highest BCUT2D eigenvalue weighted by Crippen LogP contribution is 2.33. The van der Waals surface area contributed by atoms with Gasteiger partial charge in [0.1, 0.15) is 36.7 Å². The summed E-state index contributed by atoms with van der Waals surface area (Å²) < 4.78 is 14.1. The number of anilines is 1. The van der Waals surface area contributed by atoms with Gasteiger partial charge in [0.2, 0.25) is 5.36 Å². The second kappa shape index (κ2) is 5.57. The van der Waals surface area contributed by atoms with Crippen molar-refractivity contribution in [1.82, 2.24) is 9.56 Å². The standard InChI is InChI=1S/C18H19N3O2/c1-3-21(4-2)12-5-6-13-17(9-12)23-18-10-14-16(11-15(18)20-13)22-8-7-19-14/h5-6,9-11H,3-4,7-8H2,1-2H3/p+1. The Labute approximate surface area is 134 Å².